The monoisotopic (exact) mass is 368 g/mol. The van der Waals surface area contributed by atoms with Crippen molar-refractivity contribution < 1.29 is 4.79 Å². The van der Waals surface area contributed by atoms with Crippen LogP contribution in [0.25, 0.3) is 33.0 Å². The molecule has 0 amide bonds. The van der Waals surface area contributed by atoms with Crippen LogP contribution in [0, 0.1) is 0 Å². The van der Waals surface area contributed by atoms with E-state index in [0.717, 1.165) is 11.1 Å². The number of ketones is 1. The number of hydrogen-bond acceptors (Lipinski definition) is 3. The van der Waals surface area contributed by atoms with Crippen LogP contribution in [0.3, 0.4) is 0 Å². The van der Waals surface area contributed by atoms with Crippen LogP contribution in [0.1, 0.15) is 11.1 Å². The molecule has 0 aromatic heterocycles. The average Bonchev–Trinajstić information content (AvgIpc) is 2.71. The fourth-order valence-corrected chi connectivity index (χ4v) is 2.10. The van der Waals surface area contributed by atoms with E-state index in [2.05, 4.69) is 20.1 Å². The molecule has 0 aliphatic rings. The van der Waals surface area contributed by atoms with E-state index in [9.17, 15) is 4.79 Å². The van der Waals surface area contributed by atoms with Crippen molar-refractivity contribution in [3.05, 3.63) is 117 Å². The highest BCUT2D eigenvalue weighted by molar-refractivity contribution is 5.99. The van der Waals surface area contributed by atoms with Crippen molar-refractivity contribution >= 4 is 29.3 Å². The van der Waals surface area contributed by atoms with E-state index in [1.54, 1.807) is 48.6 Å². The minimum Gasteiger partial charge on any atom is -0.290 e. The molecule has 7 heteroatoms. The predicted octanol–water partition coefficient (Wildman–Crippen LogP) is 6.98. The standard InChI is InChI=1S/C21H16N6O/c22-26-24-19-13-9-17(10-14-19)5-1-3-7-21(28)8-4-2-6-18-11-15-20(16-12-18)25-27-23/h1-16H. The molecular formula is C21H16N6O. The summed E-state index contributed by atoms with van der Waals surface area (Å²) in [5, 5.41) is 7.00. The van der Waals surface area contributed by atoms with Gasteiger partial charge in [-0.1, -0.05) is 95.2 Å². The Morgan fingerprint density at radius 3 is 1.43 bits per heavy atom. The number of carbonyl (C=O) groups is 1. The Kier molecular flexibility index (Phi) is 8.10. The molecule has 7 nitrogen and oxygen atoms in total. The van der Waals surface area contributed by atoms with Crippen LogP contribution in [-0.4, -0.2) is 5.78 Å². The minimum atomic E-state index is -0.133. The molecule has 0 unspecified atom stereocenters. The largest absolute Gasteiger partial charge is 0.290 e. The highest BCUT2D eigenvalue weighted by atomic mass is 16.1. The zero-order valence-electron chi connectivity index (χ0n) is 14.8. The number of allylic oxidation sites excluding steroid dienone is 6. The summed E-state index contributed by atoms with van der Waals surface area (Å²) in [6, 6.07) is 14.1. The number of carbonyl (C=O) groups excluding carboxylic acids is 1. The third-order valence-corrected chi connectivity index (χ3v) is 3.43. The molecule has 2 aromatic rings. The van der Waals surface area contributed by atoms with E-state index < -0.39 is 0 Å². The second-order valence-electron chi connectivity index (χ2n) is 5.40. The lowest BCUT2D eigenvalue weighted by Crippen LogP contribution is -1.82. The lowest BCUT2D eigenvalue weighted by Gasteiger charge is -1.93. The van der Waals surface area contributed by atoms with Crippen LogP contribution in [0.15, 0.2) is 95.2 Å². The highest BCUT2D eigenvalue weighted by Gasteiger charge is 1.90. The van der Waals surface area contributed by atoms with Gasteiger partial charge >= 0.3 is 0 Å². The van der Waals surface area contributed by atoms with Crippen molar-refractivity contribution in [1.82, 2.24) is 0 Å². The van der Waals surface area contributed by atoms with E-state index in [0.29, 0.717) is 11.4 Å². The number of hydrogen-bond donors (Lipinski definition) is 0. The summed E-state index contributed by atoms with van der Waals surface area (Å²) < 4.78 is 0. The normalized spacial score (nSPS) is 11.1. The maximum atomic E-state index is 11.8. The molecule has 28 heavy (non-hydrogen) atoms. The Morgan fingerprint density at radius 1 is 0.679 bits per heavy atom. The molecule has 0 N–H and O–H groups in total. The van der Waals surface area contributed by atoms with Gasteiger partial charge in [-0.05, 0) is 34.3 Å². The molecule has 0 spiro atoms. The van der Waals surface area contributed by atoms with Crippen molar-refractivity contribution in [3.8, 4) is 0 Å². The summed E-state index contributed by atoms with van der Waals surface area (Å²) >= 11 is 0. The number of nitrogens with zero attached hydrogens (tertiary/aromatic N) is 6. The SMILES string of the molecule is [N-]=[N+]=Nc1ccc(C=CC=CC(=O)C=CC=Cc2ccc(N=[N+]=[N-])cc2)cc1. The van der Waals surface area contributed by atoms with E-state index in [1.165, 1.54) is 12.2 Å². The third kappa shape index (κ3) is 7.29. The van der Waals surface area contributed by atoms with Crippen LogP contribution in [-0.2, 0) is 4.79 Å². The van der Waals surface area contributed by atoms with Gasteiger partial charge in [0.05, 0.1) is 0 Å². The molecular weight excluding hydrogens is 352 g/mol. The van der Waals surface area contributed by atoms with Gasteiger partial charge in [0.15, 0.2) is 5.78 Å². The first-order valence-corrected chi connectivity index (χ1v) is 8.25. The zero-order chi connectivity index (χ0) is 20.0. The number of rotatable bonds is 8. The lowest BCUT2D eigenvalue weighted by molar-refractivity contribution is -0.110. The second kappa shape index (κ2) is 11.3. The van der Waals surface area contributed by atoms with Crippen molar-refractivity contribution in [3.63, 3.8) is 0 Å². The van der Waals surface area contributed by atoms with Crippen LogP contribution in [0.4, 0.5) is 11.4 Å². The van der Waals surface area contributed by atoms with E-state index in [4.69, 9.17) is 11.1 Å². The highest BCUT2D eigenvalue weighted by Crippen LogP contribution is 2.14. The first kappa shape index (κ1) is 20.0. The summed E-state index contributed by atoms with van der Waals surface area (Å²) in [7, 11) is 0. The first-order chi connectivity index (χ1) is 13.7. The molecule has 0 fully saturated rings. The predicted molar refractivity (Wildman–Crippen MR) is 112 cm³/mol. The smallest absolute Gasteiger partial charge is 0.178 e. The van der Waals surface area contributed by atoms with Gasteiger partial charge in [0.2, 0.25) is 0 Å². The summed E-state index contributed by atoms with van der Waals surface area (Å²) in [5.41, 5.74) is 19.7. The van der Waals surface area contributed by atoms with E-state index >= 15 is 0 Å². The fraction of sp³-hybridized carbons (Fsp3) is 0. The first-order valence-electron chi connectivity index (χ1n) is 8.25. The molecule has 136 valence electrons. The molecule has 2 aromatic carbocycles. The van der Waals surface area contributed by atoms with Gasteiger partial charge in [-0.15, -0.1) is 0 Å². The molecule has 0 heterocycles. The Bertz CT molecular complexity index is 934. The Balaban J connectivity index is 1.83. The zero-order valence-corrected chi connectivity index (χ0v) is 14.8. The fourth-order valence-electron chi connectivity index (χ4n) is 2.10. The Hall–Kier alpha value is -4.31. The molecule has 0 saturated heterocycles. The number of benzene rings is 2. The number of azide groups is 2. The third-order valence-electron chi connectivity index (χ3n) is 3.43. The molecule has 2 rings (SSSR count). The summed E-state index contributed by atoms with van der Waals surface area (Å²) in [6.45, 7) is 0. The van der Waals surface area contributed by atoms with Gasteiger partial charge in [0.25, 0.3) is 0 Å². The van der Waals surface area contributed by atoms with Gasteiger partial charge in [-0.3, -0.25) is 4.79 Å². The van der Waals surface area contributed by atoms with Gasteiger partial charge in [0.1, 0.15) is 0 Å². The molecule has 0 saturated carbocycles. The van der Waals surface area contributed by atoms with Crippen LogP contribution >= 0.6 is 0 Å². The minimum absolute atomic E-state index is 0.133. The summed E-state index contributed by atoms with van der Waals surface area (Å²) in [6.07, 6.45) is 13.4. The summed E-state index contributed by atoms with van der Waals surface area (Å²) in [5.74, 6) is -0.133. The molecule has 0 bridgehead atoms. The topological polar surface area (TPSA) is 115 Å². The lowest BCUT2D eigenvalue weighted by atomic mass is 10.2. The molecule has 0 aliphatic heterocycles. The van der Waals surface area contributed by atoms with Crippen LogP contribution in [0.2, 0.25) is 0 Å². The van der Waals surface area contributed by atoms with Crippen LogP contribution in [0.5, 0.6) is 0 Å². The van der Waals surface area contributed by atoms with Crippen molar-refractivity contribution in [1.29, 1.82) is 0 Å². The van der Waals surface area contributed by atoms with Crippen molar-refractivity contribution in [2.24, 2.45) is 10.2 Å². The van der Waals surface area contributed by atoms with Crippen LogP contribution < -0.4 is 0 Å². The summed E-state index contributed by atoms with van der Waals surface area (Å²) in [4.78, 5) is 17.2. The second-order valence-corrected chi connectivity index (χ2v) is 5.40. The van der Waals surface area contributed by atoms with Gasteiger partial charge in [-0.25, -0.2) is 0 Å². The van der Waals surface area contributed by atoms with Gasteiger partial charge in [-0.2, -0.15) is 0 Å². The quantitative estimate of drug-likeness (QED) is 0.161. The van der Waals surface area contributed by atoms with E-state index in [1.807, 2.05) is 36.4 Å². The molecule has 0 atom stereocenters. The van der Waals surface area contributed by atoms with Gasteiger partial charge in [0, 0.05) is 21.2 Å². The maximum absolute atomic E-state index is 11.8. The Morgan fingerprint density at radius 2 is 1.07 bits per heavy atom. The molecule has 0 aliphatic carbocycles. The van der Waals surface area contributed by atoms with Crippen molar-refractivity contribution in [2.45, 2.75) is 0 Å². The van der Waals surface area contributed by atoms with Gasteiger partial charge < -0.3 is 0 Å². The van der Waals surface area contributed by atoms with Crippen molar-refractivity contribution in [2.75, 3.05) is 0 Å². The molecule has 0 radical (unpaired) electrons. The Labute approximate surface area is 161 Å². The average molecular weight is 368 g/mol. The maximum Gasteiger partial charge on any atom is 0.178 e. The van der Waals surface area contributed by atoms with E-state index in [-0.39, 0.29) is 5.78 Å².